The summed E-state index contributed by atoms with van der Waals surface area (Å²) in [5.74, 6) is 0. The summed E-state index contributed by atoms with van der Waals surface area (Å²) < 4.78 is 5.15. The van der Waals surface area contributed by atoms with Crippen LogP contribution in [-0.2, 0) is 4.74 Å². The standard InChI is InChI=1S/C6H11BO2/c1-4(8)5-2-3-6(7)9-5/h4-6,8H,2-3H2,1H3. The van der Waals surface area contributed by atoms with Crippen LogP contribution in [0.25, 0.3) is 0 Å². The summed E-state index contributed by atoms with van der Waals surface area (Å²) >= 11 is 0. The zero-order valence-electron chi connectivity index (χ0n) is 5.58. The highest BCUT2D eigenvalue weighted by Crippen LogP contribution is 2.19. The molecule has 3 unspecified atom stereocenters. The van der Waals surface area contributed by atoms with Crippen molar-refractivity contribution in [1.29, 1.82) is 0 Å². The van der Waals surface area contributed by atoms with Crippen LogP contribution in [0.4, 0.5) is 0 Å². The van der Waals surface area contributed by atoms with Gasteiger partial charge in [-0.05, 0) is 19.8 Å². The maximum Gasteiger partial charge on any atom is 0.109 e. The molecule has 0 amide bonds. The molecule has 1 fully saturated rings. The number of rotatable bonds is 1. The Bertz CT molecular complexity index is 95.1. The van der Waals surface area contributed by atoms with Gasteiger partial charge in [0.05, 0.1) is 12.2 Å². The first kappa shape index (κ1) is 7.10. The first-order valence-electron chi connectivity index (χ1n) is 3.29. The van der Waals surface area contributed by atoms with Crippen LogP contribution in [0.15, 0.2) is 0 Å². The Balaban J connectivity index is 2.30. The molecule has 0 bridgehead atoms. The van der Waals surface area contributed by atoms with E-state index in [1.807, 2.05) is 0 Å². The van der Waals surface area contributed by atoms with Gasteiger partial charge in [0.25, 0.3) is 0 Å². The fourth-order valence-corrected chi connectivity index (χ4v) is 1.04. The molecule has 0 aliphatic carbocycles. The second-order valence-corrected chi connectivity index (χ2v) is 2.53. The highest BCUT2D eigenvalue weighted by atomic mass is 16.5. The second kappa shape index (κ2) is 2.71. The molecule has 0 aromatic heterocycles. The summed E-state index contributed by atoms with van der Waals surface area (Å²) in [6.45, 7) is 1.72. The Hall–Kier alpha value is -0.0151. The van der Waals surface area contributed by atoms with Crippen LogP contribution in [0, 0.1) is 0 Å². The van der Waals surface area contributed by atoms with E-state index in [1.165, 1.54) is 0 Å². The van der Waals surface area contributed by atoms with Gasteiger partial charge >= 0.3 is 0 Å². The zero-order valence-corrected chi connectivity index (χ0v) is 5.58. The molecule has 3 atom stereocenters. The van der Waals surface area contributed by atoms with Crippen molar-refractivity contribution in [1.82, 2.24) is 0 Å². The van der Waals surface area contributed by atoms with E-state index in [0.29, 0.717) is 0 Å². The number of ether oxygens (including phenoxy) is 1. The quantitative estimate of drug-likeness (QED) is 0.502. The zero-order chi connectivity index (χ0) is 6.85. The van der Waals surface area contributed by atoms with Crippen LogP contribution < -0.4 is 0 Å². The van der Waals surface area contributed by atoms with Gasteiger partial charge in [-0.25, -0.2) is 0 Å². The maximum absolute atomic E-state index is 8.99. The van der Waals surface area contributed by atoms with E-state index in [2.05, 4.69) is 0 Å². The predicted molar refractivity (Wildman–Crippen MR) is 35.3 cm³/mol. The fraction of sp³-hybridized carbons (Fsp3) is 1.00. The summed E-state index contributed by atoms with van der Waals surface area (Å²) in [4.78, 5) is 0. The van der Waals surface area contributed by atoms with Gasteiger partial charge < -0.3 is 9.84 Å². The average Bonchev–Trinajstić information content (AvgIpc) is 2.14. The highest BCUT2D eigenvalue weighted by molar-refractivity contribution is 6.11. The molecule has 1 N–H and O–H groups in total. The Kier molecular flexibility index (Phi) is 2.14. The Morgan fingerprint density at radius 1 is 1.67 bits per heavy atom. The molecule has 3 heteroatoms. The minimum atomic E-state index is -0.376. The number of aliphatic hydroxyl groups is 1. The van der Waals surface area contributed by atoms with E-state index in [-0.39, 0.29) is 18.2 Å². The summed E-state index contributed by atoms with van der Waals surface area (Å²) in [6, 6.07) is -0.149. The van der Waals surface area contributed by atoms with E-state index < -0.39 is 0 Å². The molecule has 1 saturated heterocycles. The van der Waals surface area contributed by atoms with Crippen LogP contribution >= 0.6 is 0 Å². The number of hydrogen-bond donors (Lipinski definition) is 1. The summed E-state index contributed by atoms with van der Waals surface area (Å²) in [5, 5.41) is 8.99. The summed E-state index contributed by atoms with van der Waals surface area (Å²) in [5.41, 5.74) is 0. The fourth-order valence-electron chi connectivity index (χ4n) is 1.04. The average molecular weight is 126 g/mol. The van der Waals surface area contributed by atoms with Gasteiger partial charge in [-0.2, -0.15) is 0 Å². The summed E-state index contributed by atoms with van der Waals surface area (Å²) in [6.07, 6.45) is 1.35. The van der Waals surface area contributed by atoms with Gasteiger partial charge in [-0.15, -0.1) is 0 Å². The number of hydrogen-bond acceptors (Lipinski definition) is 2. The van der Waals surface area contributed by atoms with Crippen molar-refractivity contribution in [2.24, 2.45) is 0 Å². The van der Waals surface area contributed by atoms with E-state index in [9.17, 15) is 0 Å². The lowest BCUT2D eigenvalue weighted by atomic mass is 9.97. The molecule has 50 valence electrons. The van der Waals surface area contributed by atoms with Crippen molar-refractivity contribution < 1.29 is 9.84 Å². The van der Waals surface area contributed by atoms with Gasteiger partial charge in [0.1, 0.15) is 7.85 Å². The smallest absolute Gasteiger partial charge is 0.109 e. The molecule has 9 heavy (non-hydrogen) atoms. The topological polar surface area (TPSA) is 29.5 Å². The SMILES string of the molecule is [B]C1CCC(C(C)O)O1. The van der Waals surface area contributed by atoms with Gasteiger partial charge in [0, 0.05) is 6.00 Å². The normalized spacial score (nSPS) is 38.9. The van der Waals surface area contributed by atoms with Crippen molar-refractivity contribution in [2.75, 3.05) is 0 Å². The summed E-state index contributed by atoms with van der Waals surface area (Å²) in [7, 11) is 5.43. The van der Waals surface area contributed by atoms with E-state index in [4.69, 9.17) is 17.7 Å². The van der Waals surface area contributed by atoms with Crippen molar-refractivity contribution in [2.45, 2.75) is 38.0 Å². The first-order valence-corrected chi connectivity index (χ1v) is 3.29. The Morgan fingerprint density at radius 2 is 2.33 bits per heavy atom. The molecular formula is C6H11BO2. The molecule has 2 radical (unpaired) electrons. The molecule has 0 aromatic rings. The van der Waals surface area contributed by atoms with Gasteiger partial charge in [-0.1, -0.05) is 0 Å². The lowest BCUT2D eigenvalue weighted by molar-refractivity contribution is -0.00308. The molecule has 2 nitrogen and oxygen atoms in total. The lowest BCUT2D eigenvalue weighted by Gasteiger charge is -2.13. The van der Waals surface area contributed by atoms with Crippen molar-refractivity contribution in [3.05, 3.63) is 0 Å². The molecule has 0 aromatic carbocycles. The van der Waals surface area contributed by atoms with Crippen LogP contribution in [-0.4, -0.2) is 31.2 Å². The highest BCUT2D eigenvalue weighted by Gasteiger charge is 2.24. The molecule has 1 aliphatic rings. The van der Waals surface area contributed by atoms with Gasteiger partial charge in [-0.3, -0.25) is 0 Å². The molecule has 0 saturated carbocycles. The van der Waals surface area contributed by atoms with Gasteiger partial charge in [0.15, 0.2) is 0 Å². The van der Waals surface area contributed by atoms with Crippen molar-refractivity contribution >= 4 is 7.85 Å². The van der Waals surface area contributed by atoms with Crippen LogP contribution in [0.1, 0.15) is 19.8 Å². The Labute approximate surface area is 56.6 Å². The largest absolute Gasteiger partial charge is 0.391 e. The predicted octanol–water partition coefficient (Wildman–Crippen LogP) is 0.0408. The van der Waals surface area contributed by atoms with E-state index in [1.54, 1.807) is 6.92 Å². The maximum atomic E-state index is 8.99. The third-order valence-electron chi connectivity index (χ3n) is 1.62. The Morgan fingerprint density at radius 3 is 2.56 bits per heavy atom. The minimum absolute atomic E-state index is 0.0278. The van der Waals surface area contributed by atoms with E-state index in [0.717, 1.165) is 12.8 Å². The molecule has 0 spiro atoms. The van der Waals surface area contributed by atoms with E-state index >= 15 is 0 Å². The lowest BCUT2D eigenvalue weighted by Crippen LogP contribution is -2.23. The van der Waals surface area contributed by atoms with Crippen molar-refractivity contribution in [3.63, 3.8) is 0 Å². The second-order valence-electron chi connectivity index (χ2n) is 2.53. The molecule has 1 aliphatic heterocycles. The number of aliphatic hydroxyl groups excluding tert-OH is 1. The minimum Gasteiger partial charge on any atom is -0.391 e. The van der Waals surface area contributed by atoms with Gasteiger partial charge in [0.2, 0.25) is 0 Å². The molecular weight excluding hydrogens is 115 g/mol. The third-order valence-corrected chi connectivity index (χ3v) is 1.62. The monoisotopic (exact) mass is 126 g/mol. The first-order chi connectivity index (χ1) is 4.20. The van der Waals surface area contributed by atoms with Crippen LogP contribution in [0.2, 0.25) is 0 Å². The third kappa shape index (κ3) is 1.70. The van der Waals surface area contributed by atoms with Crippen LogP contribution in [0.3, 0.4) is 0 Å². The van der Waals surface area contributed by atoms with Crippen molar-refractivity contribution in [3.8, 4) is 0 Å². The molecule has 1 heterocycles. The van der Waals surface area contributed by atoms with Crippen LogP contribution in [0.5, 0.6) is 0 Å². The molecule has 1 rings (SSSR count).